The monoisotopic (exact) mass is 664 g/mol. The molecule has 2 unspecified atom stereocenters. The number of aliphatic hydroxyl groups excluding tert-OH is 1. The number of aromatic nitrogens is 4. The van der Waals surface area contributed by atoms with Crippen LogP contribution in [0.1, 0.15) is 24.8 Å². The molecule has 0 saturated carbocycles. The van der Waals surface area contributed by atoms with Gasteiger partial charge in [0.25, 0.3) is 0 Å². The Balaban J connectivity index is 1.32. The molecule has 1 aliphatic heterocycles. The van der Waals surface area contributed by atoms with E-state index in [4.69, 9.17) is 29.0 Å². The maximum absolute atomic E-state index is 14.6. The lowest BCUT2D eigenvalue weighted by atomic mass is 9.96. The van der Waals surface area contributed by atoms with Crippen LogP contribution in [0, 0.1) is 0 Å². The van der Waals surface area contributed by atoms with Crippen molar-refractivity contribution in [3.05, 3.63) is 84.7 Å². The Morgan fingerprint density at radius 1 is 1.11 bits per heavy atom. The summed E-state index contributed by atoms with van der Waals surface area (Å²) in [6.07, 6.45) is -2.70. The summed E-state index contributed by atoms with van der Waals surface area (Å²) in [5.74, 6) is -0.527. The number of fused-ring (bicyclic) bond motifs is 2. The first-order chi connectivity index (χ1) is 22.5. The number of methoxy groups -OCH3 is 2. The highest BCUT2D eigenvalue weighted by atomic mass is 31.2. The zero-order valence-electron chi connectivity index (χ0n) is 25.6. The number of esters is 1. The van der Waals surface area contributed by atoms with Gasteiger partial charge in [0.1, 0.15) is 29.6 Å². The number of carbonyl (C=O) groups is 1. The Bertz CT molecular complexity index is 1950. The van der Waals surface area contributed by atoms with Gasteiger partial charge in [-0.1, -0.05) is 66.7 Å². The molecule has 0 aliphatic carbocycles. The minimum absolute atomic E-state index is 0.106. The van der Waals surface area contributed by atoms with Gasteiger partial charge in [-0.15, -0.1) is 0 Å². The molecule has 1 saturated heterocycles. The van der Waals surface area contributed by atoms with Crippen LogP contribution < -0.4 is 20.1 Å². The van der Waals surface area contributed by atoms with Crippen molar-refractivity contribution >= 4 is 41.6 Å². The van der Waals surface area contributed by atoms with Crippen LogP contribution in [0.25, 0.3) is 21.9 Å². The van der Waals surface area contributed by atoms with Crippen molar-refractivity contribution in [2.24, 2.45) is 0 Å². The molecule has 0 radical (unpaired) electrons. The average Bonchev–Trinajstić information content (AvgIpc) is 3.59. The highest BCUT2D eigenvalue weighted by Gasteiger charge is 2.54. The molecule has 15 nitrogen and oxygen atoms in total. The Hall–Kier alpha value is -4.63. The van der Waals surface area contributed by atoms with E-state index >= 15 is 0 Å². The average molecular weight is 665 g/mol. The molecule has 3 aromatic carbocycles. The molecule has 47 heavy (non-hydrogen) atoms. The minimum atomic E-state index is -4.49. The zero-order chi connectivity index (χ0) is 33.3. The van der Waals surface area contributed by atoms with E-state index in [0.717, 1.165) is 5.39 Å². The van der Waals surface area contributed by atoms with Gasteiger partial charge in [-0.25, -0.2) is 14.3 Å². The van der Waals surface area contributed by atoms with Gasteiger partial charge in [0.05, 0.1) is 27.2 Å². The van der Waals surface area contributed by atoms with Crippen molar-refractivity contribution in [1.29, 1.82) is 0 Å². The smallest absolute Gasteiger partial charge is 0.459 e. The normalized spacial score (nSPS) is 23.0. The number of anilines is 1. The lowest BCUT2D eigenvalue weighted by Gasteiger charge is -2.27. The van der Waals surface area contributed by atoms with E-state index in [1.165, 1.54) is 32.0 Å². The molecule has 0 amide bonds. The summed E-state index contributed by atoms with van der Waals surface area (Å²) < 4.78 is 44.3. The summed E-state index contributed by atoms with van der Waals surface area (Å²) in [6.45, 7) is 0.821. The highest BCUT2D eigenvalue weighted by Crippen LogP contribution is 2.50. The van der Waals surface area contributed by atoms with Crippen LogP contribution in [0.3, 0.4) is 0 Å². The minimum Gasteiger partial charge on any atom is -0.479 e. The second kappa shape index (κ2) is 12.9. The molecule has 5 N–H and O–H groups in total. The number of hydrogen-bond donors (Lipinski definition) is 4. The van der Waals surface area contributed by atoms with Crippen molar-refractivity contribution in [1.82, 2.24) is 24.6 Å². The predicted octanol–water partition coefficient (Wildman–Crippen LogP) is 3.29. The van der Waals surface area contributed by atoms with Gasteiger partial charge in [-0.05, 0) is 23.9 Å². The number of nitrogens with two attached hydrogens (primary N) is 1. The van der Waals surface area contributed by atoms with Gasteiger partial charge in [0, 0.05) is 5.39 Å². The number of aliphatic hydroxyl groups is 2. The number of nitrogens with one attached hydrogen (secondary N) is 1. The molecule has 0 bridgehead atoms. The number of rotatable bonds is 11. The van der Waals surface area contributed by atoms with E-state index < -0.39 is 50.4 Å². The zero-order valence-corrected chi connectivity index (χ0v) is 26.5. The summed E-state index contributed by atoms with van der Waals surface area (Å²) in [5.41, 5.74) is 4.81. The molecular formula is C31H33N6O9P. The second-order valence-corrected chi connectivity index (χ2v) is 12.7. The molecule has 1 aliphatic rings. The van der Waals surface area contributed by atoms with Crippen molar-refractivity contribution < 1.29 is 42.8 Å². The van der Waals surface area contributed by atoms with Gasteiger partial charge in [0.2, 0.25) is 11.8 Å². The summed E-state index contributed by atoms with van der Waals surface area (Å²) >= 11 is 0. The SMILES string of the molecule is COC(=O)[C@@H](NP(=O)(OC[C@H]1OC(n2cnc3c(OC)nc(N)nc32)[C@](C)(O)[C@@H]1O)Oc1cccc2ccccc12)c1ccccc1. The summed E-state index contributed by atoms with van der Waals surface area (Å²) in [6, 6.07) is 19.7. The fraction of sp³-hybridized carbons (Fsp3) is 0.290. The predicted molar refractivity (Wildman–Crippen MR) is 169 cm³/mol. The third kappa shape index (κ3) is 6.24. The van der Waals surface area contributed by atoms with Crippen molar-refractivity contribution in [2.75, 3.05) is 26.6 Å². The fourth-order valence-corrected chi connectivity index (χ4v) is 6.96. The van der Waals surface area contributed by atoms with Gasteiger partial charge in [-0.2, -0.15) is 15.1 Å². The van der Waals surface area contributed by atoms with Gasteiger partial charge >= 0.3 is 13.7 Å². The van der Waals surface area contributed by atoms with Crippen LogP contribution in [0.4, 0.5) is 5.95 Å². The van der Waals surface area contributed by atoms with Crippen molar-refractivity contribution in [3.8, 4) is 11.6 Å². The summed E-state index contributed by atoms with van der Waals surface area (Å²) in [5, 5.41) is 26.8. The molecule has 3 heterocycles. The van der Waals surface area contributed by atoms with Gasteiger partial charge in [0.15, 0.2) is 17.4 Å². The lowest BCUT2D eigenvalue weighted by Crippen LogP contribution is -2.44. The molecular weight excluding hydrogens is 631 g/mol. The van der Waals surface area contributed by atoms with Crippen LogP contribution >= 0.6 is 7.75 Å². The first kappa shape index (κ1) is 32.3. The Morgan fingerprint density at radius 3 is 2.57 bits per heavy atom. The number of nitrogen functional groups attached to an aromatic ring is 1. The Kier molecular flexibility index (Phi) is 8.85. The van der Waals surface area contributed by atoms with Crippen LogP contribution in [0.15, 0.2) is 79.1 Å². The standard InChI is InChI=1S/C31H33N6O9P/c1-31(40)25(38)22(45-29(31)37-17-33-24-26(37)34-30(32)35-27(24)42-2)16-44-47(41,36-23(28(39)43-3)19-11-5-4-6-12-19)46-21-15-9-13-18-10-7-8-14-20(18)21/h4-15,17,22-23,25,29,38,40H,16H2,1-3H3,(H,36,41)(H2,32,34,35)/t22-,23+,25-,29?,31-,47?/m1/s1. The Labute approximate surface area is 268 Å². The molecule has 0 spiro atoms. The Morgan fingerprint density at radius 2 is 1.83 bits per heavy atom. The topological polar surface area (TPSA) is 202 Å². The molecule has 246 valence electrons. The number of nitrogens with zero attached hydrogens (tertiary/aromatic N) is 4. The number of benzene rings is 3. The molecule has 16 heteroatoms. The van der Waals surface area contributed by atoms with E-state index in [1.54, 1.807) is 54.6 Å². The number of carbonyl (C=O) groups excluding carboxylic acids is 1. The molecule has 6 atom stereocenters. The third-order valence-corrected chi connectivity index (χ3v) is 9.34. The quantitative estimate of drug-likeness (QED) is 0.118. The van der Waals surface area contributed by atoms with Gasteiger partial charge < -0.3 is 34.7 Å². The van der Waals surface area contributed by atoms with E-state index in [9.17, 15) is 19.6 Å². The lowest BCUT2D eigenvalue weighted by molar-refractivity contribution is -0.143. The van der Waals surface area contributed by atoms with Crippen molar-refractivity contribution in [3.63, 3.8) is 0 Å². The van der Waals surface area contributed by atoms with Crippen LogP contribution in [-0.4, -0.2) is 74.3 Å². The second-order valence-electron chi connectivity index (χ2n) is 11.0. The maximum atomic E-state index is 14.6. The highest BCUT2D eigenvalue weighted by molar-refractivity contribution is 7.52. The number of imidazole rings is 1. The summed E-state index contributed by atoms with van der Waals surface area (Å²) in [4.78, 5) is 25.4. The third-order valence-electron chi connectivity index (χ3n) is 7.84. The maximum Gasteiger partial charge on any atom is 0.459 e. The molecule has 6 rings (SSSR count). The van der Waals surface area contributed by atoms with E-state index in [0.29, 0.717) is 10.9 Å². The first-order valence-corrected chi connectivity index (χ1v) is 16.0. The van der Waals surface area contributed by atoms with E-state index in [2.05, 4.69) is 20.0 Å². The van der Waals surface area contributed by atoms with E-state index in [1.807, 2.05) is 18.2 Å². The van der Waals surface area contributed by atoms with Gasteiger partial charge in [-0.3, -0.25) is 9.09 Å². The van der Waals surface area contributed by atoms with Crippen LogP contribution in [0.2, 0.25) is 0 Å². The van der Waals surface area contributed by atoms with Crippen LogP contribution in [0.5, 0.6) is 11.6 Å². The molecule has 2 aromatic heterocycles. The molecule has 5 aromatic rings. The number of ether oxygens (including phenoxy) is 3. The fourth-order valence-electron chi connectivity index (χ4n) is 5.45. The van der Waals surface area contributed by atoms with Crippen LogP contribution in [-0.2, 0) is 23.4 Å². The number of hydrogen-bond acceptors (Lipinski definition) is 13. The largest absolute Gasteiger partial charge is 0.479 e. The summed E-state index contributed by atoms with van der Waals surface area (Å²) in [7, 11) is -1.89. The van der Waals surface area contributed by atoms with Crippen molar-refractivity contribution in [2.45, 2.75) is 37.0 Å². The molecule has 1 fully saturated rings. The van der Waals surface area contributed by atoms with E-state index in [-0.39, 0.29) is 28.7 Å². The first-order valence-electron chi connectivity index (χ1n) is 14.5.